The van der Waals surface area contributed by atoms with Gasteiger partial charge in [0.1, 0.15) is 0 Å². The van der Waals surface area contributed by atoms with Crippen LogP contribution in [0.5, 0.6) is 0 Å². The molecule has 8 heteroatoms. The molecule has 3 rings (SSSR count). The van der Waals surface area contributed by atoms with Gasteiger partial charge in [-0.25, -0.2) is 0 Å². The second kappa shape index (κ2) is 12.3. The zero-order valence-corrected chi connectivity index (χ0v) is 19.6. The van der Waals surface area contributed by atoms with Crippen molar-refractivity contribution in [1.29, 1.82) is 0 Å². The number of aliphatic imine (C=N–C) groups is 1. The van der Waals surface area contributed by atoms with Crippen LogP contribution in [0.3, 0.4) is 0 Å². The lowest BCUT2D eigenvalue weighted by Gasteiger charge is -2.31. The van der Waals surface area contributed by atoms with Crippen molar-refractivity contribution in [2.45, 2.75) is 44.9 Å². The summed E-state index contributed by atoms with van der Waals surface area (Å²) in [7, 11) is 1.78. The maximum Gasteiger partial charge on any atom is 0.221 e. The summed E-state index contributed by atoms with van der Waals surface area (Å²) in [4.78, 5) is 18.1. The number of nitrogens with one attached hydrogen (secondary N) is 2. The average Bonchev–Trinajstić information content (AvgIpc) is 3.22. The molecule has 29 heavy (non-hydrogen) atoms. The van der Waals surface area contributed by atoms with Gasteiger partial charge in [-0.05, 0) is 43.4 Å². The molecule has 2 atom stereocenters. The molecule has 2 aliphatic heterocycles. The van der Waals surface area contributed by atoms with Gasteiger partial charge < -0.3 is 21.1 Å². The summed E-state index contributed by atoms with van der Waals surface area (Å²) in [6, 6.07) is 8.56. The van der Waals surface area contributed by atoms with Crippen molar-refractivity contribution in [3.63, 3.8) is 0 Å². The molecule has 0 radical (unpaired) electrons. The SMILES string of the molecule is CN=C(NCc1cccc(CN2CCCC(C(N)=O)C2)c1)NCC1CCCO1.I. The Morgan fingerprint density at radius 3 is 2.83 bits per heavy atom. The van der Waals surface area contributed by atoms with Crippen LogP contribution in [0.4, 0.5) is 0 Å². The number of carbonyl (C=O) groups excluding carboxylic acids is 1. The molecule has 2 aliphatic rings. The van der Waals surface area contributed by atoms with Crippen molar-refractivity contribution in [2.24, 2.45) is 16.6 Å². The molecule has 7 nitrogen and oxygen atoms in total. The molecule has 4 N–H and O–H groups in total. The fraction of sp³-hybridized carbons (Fsp3) is 0.619. The fourth-order valence-corrected chi connectivity index (χ4v) is 3.95. The molecular formula is C21H34IN5O2. The Labute approximate surface area is 190 Å². The van der Waals surface area contributed by atoms with Crippen molar-refractivity contribution < 1.29 is 9.53 Å². The second-order valence-electron chi connectivity index (χ2n) is 7.74. The number of piperidine rings is 1. The summed E-state index contributed by atoms with van der Waals surface area (Å²) in [5.74, 6) is 0.600. The molecule has 0 bridgehead atoms. The predicted molar refractivity (Wildman–Crippen MR) is 126 cm³/mol. The number of likely N-dealkylation sites (tertiary alicyclic amines) is 1. The largest absolute Gasteiger partial charge is 0.376 e. The average molecular weight is 515 g/mol. The lowest BCUT2D eigenvalue weighted by molar-refractivity contribution is -0.123. The smallest absolute Gasteiger partial charge is 0.221 e. The summed E-state index contributed by atoms with van der Waals surface area (Å²) in [6.45, 7) is 4.99. The number of nitrogens with two attached hydrogens (primary N) is 1. The Kier molecular flexibility index (Phi) is 10.2. The third-order valence-electron chi connectivity index (χ3n) is 5.51. The number of hydrogen-bond donors (Lipinski definition) is 3. The van der Waals surface area contributed by atoms with E-state index in [9.17, 15) is 4.79 Å². The number of rotatable bonds is 7. The van der Waals surface area contributed by atoms with Crippen LogP contribution in [-0.4, -0.2) is 56.2 Å². The molecule has 1 aromatic rings. The second-order valence-corrected chi connectivity index (χ2v) is 7.74. The summed E-state index contributed by atoms with van der Waals surface area (Å²) < 4.78 is 5.64. The van der Waals surface area contributed by atoms with E-state index in [1.54, 1.807) is 7.05 Å². The summed E-state index contributed by atoms with van der Waals surface area (Å²) >= 11 is 0. The molecule has 0 aromatic heterocycles. The first-order valence-corrected chi connectivity index (χ1v) is 10.3. The fourth-order valence-electron chi connectivity index (χ4n) is 3.95. The highest BCUT2D eigenvalue weighted by atomic mass is 127. The van der Waals surface area contributed by atoms with Gasteiger partial charge >= 0.3 is 0 Å². The number of ether oxygens (including phenoxy) is 1. The van der Waals surface area contributed by atoms with Crippen LogP contribution in [0, 0.1) is 5.92 Å². The van der Waals surface area contributed by atoms with Gasteiger partial charge in [0.05, 0.1) is 12.0 Å². The summed E-state index contributed by atoms with van der Waals surface area (Å²) in [5, 5.41) is 6.71. The van der Waals surface area contributed by atoms with E-state index < -0.39 is 0 Å². The van der Waals surface area contributed by atoms with Crippen LogP contribution in [-0.2, 0) is 22.6 Å². The predicted octanol–water partition coefficient (Wildman–Crippen LogP) is 1.85. The zero-order valence-electron chi connectivity index (χ0n) is 17.2. The van der Waals surface area contributed by atoms with Gasteiger partial charge in [0.25, 0.3) is 0 Å². The van der Waals surface area contributed by atoms with E-state index in [-0.39, 0.29) is 41.9 Å². The molecular weight excluding hydrogens is 481 g/mol. The molecule has 162 valence electrons. The normalized spacial score (nSPS) is 22.7. The van der Waals surface area contributed by atoms with Gasteiger partial charge in [0.15, 0.2) is 5.96 Å². The quantitative estimate of drug-likeness (QED) is 0.293. The van der Waals surface area contributed by atoms with E-state index in [1.807, 2.05) is 0 Å². The third kappa shape index (κ3) is 7.75. The minimum atomic E-state index is -0.176. The number of guanidine groups is 1. The first-order valence-electron chi connectivity index (χ1n) is 10.3. The Hall–Kier alpha value is -1.39. The van der Waals surface area contributed by atoms with Gasteiger partial charge in [-0.2, -0.15) is 0 Å². The molecule has 2 saturated heterocycles. The first kappa shape index (κ1) is 23.9. The van der Waals surface area contributed by atoms with Crippen molar-refractivity contribution in [3.8, 4) is 0 Å². The van der Waals surface area contributed by atoms with Crippen LogP contribution in [0.1, 0.15) is 36.8 Å². The Morgan fingerprint density at radius 2 is 2.10 bits per heavy atom. The van der Waals surface area contributed by atoms with E-state index in [1.165, 1.54) is 11.1 Å². The maximum absolute atomic E-state index is 11.5. The van der Waals surface area contributed by atoms with E-state index in [0.717, 1.165) is 64.4 Å². The van der Waals surface area contributed by atoms with Gasteiger partial charge in [0.2, 0.25) is 5.91 Å². The highest BCUT2D eigenvalue weighted by Gasteiger charge is 2.23. The maximum atomic E-state index is 11.5. The van der Waals surface area contributed by atoms with E-state index in [4.69, 9.17) is 10.5 Å². The summed E-state index contributed by atoms with van der Waals surface area (Å²) in [5.41, 5.74) is 7.96. The van der Waals surface area contributed by atoms with E-state index >= 15 is 0 Å². The minimum Gasteiger partial charge on any atom is -0.376 e. The highest BCUT2D eigenvalue weighted by molar-refractivity contribution is 14.0. The third-order valence-corrected chi connectivity index (χ3v) is 5.51. The van der Waals surface area contributed by atoms with Crippen LogP contribution in [0.2, 0.25) is 0 Å². The number of halogens is 1. The number of benzene rings is 1. The standard InChI is InChI=1S/C21H33N5O2.HI/c1-23-21(25-13-19-8-4-10-28-19)24-12-16-5-2-6-17(11-16)14-26-9-3-7-18(15-26)20(22)27;/h2,5-6,11,18-19H,3-4,7-10,12-15H2,1H3,(H2,22,27)(H2,23,24,25);1H. The van der Waals surface area contributed by atoms with Crippen LogP contribution in [0.25, 0.3) is 0 Å². The van der Waals surface area contributed by atoms with Gasteiger partial charge in [-0.15, -0.1) is 24.0 Å². The number of amides is 1. The van der Waals surface area contributed by atoms with E-state index in [2.05, 4.69) is 44.8 Å². The van der Waals surface area contributed by atoms with Crippen molar-refractivity contribution in [3.05, 3.63) is 35.4 Å². The van der Waals surface area contributed by atoms with Crippen molar-refractivity contribution >= 4 is 35.8 Å². The summed E-state index contributed by atoms with van der Waals surface area (Å²) in [6.07, 6.45) is 4.48. The molecule has 2 fully saturated rings. The number of carbonyl (C=O) groups is 1. The molecule has 1 amide bonds. The molecule has 2 unspecified atom stereocenters. The molecule has 0 saturated carbocycles. The van der Waals surface area contributed by atoms with Crippen molar-refractivity contribution in [2.75, 3.05) is 33.3 Å². The molecule has 0 spiro atoms. The Balaban J connectivity index is 0.00000300. The molecule has 2 heterocycles. The zero-order chi connectivity index (χ0) is 19.8. The van der Waals surface area contributed by atoms with Gasteiger partial charge in [-0.1, -0.05) is 24.3 Å². The lowest BCUT2D eigenvalue weighted by Crippen LogP contribution is -2.41. The molecule has 1 aromatic carbocycles. The first-order chi connectivity index (χ1) is 13.6. The van der Waals surface area contributed by atoms with Crippen LogP contribution in [0.15, 0.2) is 29.3 Å². The van der Waals surface area contributed by atoms with Gasteiger partial charge in [0, 0.05) is 39.8 Å². The highest BCUT2D eigenvalue weighted by Crippen LogP contribution is 2.18. The van der Waals surface area contributed by atoms with Gasteiger partial charge in [-0.3, -0.25) is 14.7 Å². The van der Waals surface area contributed by atoms with Crippen molar-refractivity contribution in [1.82, 2.24) is 15.5 Å². The van der Waals surface area contributed by atoms with Crippen LogP contribution < -0.4 is 16.4 Å². The minimum absolute atomic E-state index is 0. The van der Waals surface area contributed by atoms with Crippen LogP contribution >= 0.6 is 24.0 Å². The number of nitrogens with zero attached hydrogens (tertiary/aromatic N) is 2. The Bertz CT molecular complexity index is 679. The number of primary amides is 1. The number of hydrogen-bond acceptors (Lipinski definition) is 4. The van der Waals surface area contributed by atoms with E-state index in [0.29, 0.717) is 6.54 Å². The topological polar surface area (TPSA) is 92.0 Å². The molecule has 0 aliphatic carbocycles. The lowest BCUT2D eigenvalue weighted by atomic mass is 9.97. The Morgan fingerprint density at radius 1 is 1.28 bits per heavy atom. The monoisotopic (exact) mass is 515 g/mol.